The molecular weight excluding hydrogens is 543 g/mol. The van der Waals surface area contributed by atoms with Crippen molar-refractivity contribution in [1.29, 1.82) is 0 Å². The lowest BCUT2D eigenvalue weighted by molar-refractivity contribution is 0.0950. The summed E-state index contributed by atoms with van der Waals surface area (Å²) < 4.78 is 0. The molecule has 1 aliphatic heterocycles. The number of rotatable bonds is 8. The van der Waals surface area contributed by atoms with E-state index in [1.54, 1.807) is 36.7 Å². The molecule has 2 heterocycles. The van der Waals surface area contributed by atoms with Crippen molar-refractivity contribution in [2.45, 2.75) is 25.8 Å². The molecule has 0 saturated carbocycles. The fourth-order valence-electron chi connectivity index (χ4n) is 5.07. The Hall–Kier alpha value is -3.87. The fraction of sp³-hybridized carbons (Fsp3) is 0.219. The summed E-state index contributed by atoms with van der Waals surface area (Å²) in [5.74, 6) is 0.0253. The first kappa shape index (κ1) is 27.7. The standard InChI is InChI=1S/C32H30Cl2N4O2/c33-26-16-25(17-27(34)18-26)31(39)37-28-8-9-30(29(19-28)32(40)36-21-24-7-4-12-35-20-24)38-13-10-23(11-14-38)15-22-5-2-1-3-6-22/h1-9,12,16-20,23H,10-11,13-15,21H2,(H,36,40)(H,37,39). The molecule has 0 radical (unpaired) electrons. The number of piperidine rings is 1. The Labute approximate surface area is 244 Å². The number of hydrogen-bond acceptors (Lipinski definition) is 4. The van der Waals surface area contributed by atoms with Gasteiger partial charge in [0.2, 0.25) is 0 Å². The summed E-state index contributed by atoms with van der Waals surface area (Å²) in [6, 6.07) is 24.5. The van der Waals surface area contributed by atoms with Crippen molar-refractivity contribution < 1.29 is 9.59 Å². The van der Waals surface area contributed by atoms with Crippen LogP contribution in [0.25, 0.3) is 0 Å². The van der Waals surface area contributed by atoms with E-state index in [1.165, 1.54) is 5.56 Å². The first-order valence-corrected chi connectivity index (χ1v) is 14.1. The van der Waals surface area contributed by atoms with Crippen LogP contribution in [0.2, 0.25) is 10.0 Å². The Morgan fingerprint density at radius 2 is 1.57 bits per heavy atom. The van der Waals surface area contributed by atoms with Crippen molar-refractivity contribution in [3.8, 4) is 0 Å². The molecule has 2 amide bonds. The number of halogens is 2. The van der Waals surface area contributed by atoms with Gasteiger partial charge < -0.3 is 15.5 Å². The zero-order valence-corrected chi connectivity index (χ0v) is 23.5. The van der Waals surface area contributed by atoms with Gasteiger partial charge in [-0.2, -0.15) is 0 Å². The molecule has 1 saturated heterocycles. The Morgan fingerprint density at radius 3 is 2.27 bits per heavy atom. The van der Waals surface area contributed by atoms with Crippen LogP contribution in [0.1, 0.15) is 44.7 Å². The molecule has 0 aliphatic carbocycles. The van der Waals surface area contributed by atoms with Gasteiger partial charge in [-0.15, -0.1) is 0 Å². The molecule has 0 bridgehead atoms. The summed E-state index contributed by atoms with van der Waals surface area (Å²) in [4.78, 5) is 32.8. The van der Waals surface area contributed by atoms with Gasteiger partial charge in [0.05, 0.1) is 5.56 Å². The number of anilines is 2. The van der Waals surface area contributed by atoms with Gasteiger partial charge in [0.1, 0.15) is 0 Å². The number of aromatic nitrogens is 1. The van der Waals surface area contributed by atoms with E-state index in [2.05, 4.69) is 44.8 Å². The maximum atomic E-state index is 13.5. The monoisotopic (exact) mass is 572 g/mol. The van der Waals surface area contributed by atoms with E-state index in [-0.39, 0.29) is 11.8 Å². The number of hydrogen-bond donors (Lipinski definition) is 2. The SMILES string of the molecule is O=C(Nc1ccc(N2CCC(Cc3ccccc3)CC2)c(C(=O)NCc2cccnc2)c1)c1cc(Cl)cc(Cl)c1. The molecule has 40 heavy (non-hydrogen) atoms. The Morgan fingerprint density at radius 1 is 0.850 bits per heavy atom. The van der Waals surface area contributed by atoms with Crippen LogP contribution in [-0.4, -0.2) is 29.9 Å². The molecule has 8 heteroatoms. The average molecular weight is 574 g/mol. The number of pyridine rings is 1. The van der Waals surface area contributed by atoms with E-state index in [1.807, 2.05) is 30.3 Å². The summed E-state index contributed by atoms with van der Waals surface area (Å²) in [6.07, 6.45) is 6.57. The first-order valence-electron chi connectivity index (χ1n) is 13.3. The van der Waals surface area contributed by atoms with Gasteiger partial charge in [0.25, 0.3) is 11.8 Å². The molecular formula is C32H30Cl2N4O2. The second-order valence-electron chi connectivity index (χ2n) is 10.0. The number of carbonyl (C=O) groups is 2. The lowest BCUT2D eigenvalue weighted by atomic mass is 9.89. The van der Waals surface area contributed by atoms with Crippen LogP contribution in [0, 0.1) is 5.92 Å². The molecule has 1 aliphatic rings. The molecule has 6 nitrogen and oxygen atoms in total. The van der Waals surface area contributed by atoms with E-state index in [9.17, 15) is 9.59 Å². The van der Waals surface area contributed by atoms with Crippen LogP contribution in [0.5, 0.6) is 0 Å². The molecule has 5 rings (SSSR count). The zero-order chi connectivity index (χ0) is 27.9. The van der Waals surface area contributed by atoms with E-state index in [4.69, 9.17) is 23.2 Å². The maximum absolute atomic E-state index is 13.5. The van der Waals surface area contributed by atoms with Crippen molar-refractivity contribution in [2.75, 3.05) is 23.3 Å². The van der Waals surface area contributed by atoms with E-state index in [0.29, 0.717) is 39.3 Å². The minimum atomic E-state index is -0.361. The highest BCUT2D eigenvalue weighted by Gasteiger charge is 2.24. The van der Waals surface area contributed by atoms with Crippen LogP contribution in [-0.2, 0) is 13.0 Å². The lowest BCUT2D eigenvalue weighted by Gasteiger charge is -2.35. The molecule has 204 valence electrons. The highest BCUT2D eigenvalue weighted by molar-refractivity contribution is 6.35. The summed E-state index contributed by atoms with van der Waals surface area (Å²) >= 11 is 12.2. The van der Waals surface area contributed by atoms with Crippen molar-refractivity contribution in [3.63, 3.8) is 0 Å². The van der Waals surface area contributed by atoms with E-state index >= 15 is 0 Å². The quantitative estimate of drug-likeness (QED) is 0.237. The summed E-state index contributed by atoms with van der Waals surface area (Å²) in [7, 11) is 0. The van der Waals surface area contributed by atoms with Crippen LogP contribution in [0.4, 0.5) is 11.4 Å². The predicted octanol–water partition coefficient (Wildman–Crippen LogP) is 7.03. The smallest absolute Gasteiger partial charge is 0.255 e. The Kier molecular flexibility index (Phi) is 8.99. The number of amides is 2. The molecule has 4 aromatic rings. The topological polar surface area (TPSA) is 74.3 Å². The summed E-state index contributed by atoms with van der Waals surface area (Å²) in [5, 5.41) is 6.64. The lowest BCUT2D eigenvalue weighted by Crippen LogP contribution is -2.36. The molecule has 0 atom stereocenters. The number of nitrogens with one attached hydrogen (secondary N) is 2. The third-order valence-corrected chi connectivity index (χ3v) is 7.56. The minimum Gasteiger partial charge on any atom is -0.371 e. The molecule has 0 unspecified atom stereocenters. The molecule has 2 N–H and O–H groups in total. The molecule has 1 aromatic heterocycles. The third kappa shape index (κ3) is 7.20. The van der Waals surface area contributed by atoms with Gasteiger partial charge in [-0.3, -0.25) is 14.6 Å². The second kappa shape index (κ2) is 13.0. The first-order chi connectivity index (χ1) is 19.4. The average Bonchev–Trinajstić information content (AvgIpc) is 2.97. The molecule has 3 aromatic carbocycles. The number of carbonyl (C=O) groups excluding carboxylic acids is 2. The third-order valence-electron chi connectivity index (χ3n) is 7.12. The van der Waals surface area contributed by atoms with Crippen molar-refractivity contribution >= 4 is 46.4 Å². The number of nitrogens with zero attached hydrogens (tertiary/aromatic N) is 2. The minimum absolute atomic E-state index is 0.216. The van der Waals surface area contributed by atoms with Gasteiger partial charge >= 0.3 is 0 Å². The van der Waals surface area contributed by atoms with Gasteiger partial charge in [0, 0.05) is 59.0 Å². The van der Waals surface area contributed by atoms with Crippen molar-refractivity contribution in [2.24, 2.45) is 5.92 Å². The van der Waals surface area contributed by atoms with Crippen LogP contribution < -0.4 is 15.5 Å². The Balaban J connectivity index is 1.34. The van der Waals surface area contributed by atoms with E-state index in [0.717, 1.165) is 43.6 Å². The summed E-state index contributed by atoms with van der Waals surface area (Å²) in [5.41, 5.74) is 4.47. The highest BCUT2D eigenvalue weighted by atomic mass is 35.5. The maximum Gasteiger partial charge on any atom is 0.255 e. The van der Waals surface area contributed by atoms with Gasteiger partial charge in [-0.25, -0.2) is 0 Å². The summed E-state index contributed by atoms with van der Waals surface area (Å²) in [6.45, 7) is 2.06. The van der Waals surface area contributed by atoms with Gasteiger partial charge in [-0.1, -0.05) is 59.6 Å². The number of benzene rings is 3. The van der Waals surface area contributed by atoms with Crippen molar-refractivity contribution in [3.05, 3.63) is 124 Å². The highest BCUT2D eigenvalue weighted by Crippen LogP contribution is 2.30. The Bertz CT molecular complexity index is 1450. The fourth-order valence-corrected chi connectivity index (χ4v) is 5.59. The zero-order valence-electron chi connectivity index (χ0n) is 21.9. The van der Waals surface area contributed by atoms with Crippen LogP contribution in [0.15, 0.2) is 91.3 Å². The van der Waals surface area contributed by atoms with Gasteiger partial charge in [-0.05, 0) is 78.8 Å². The van der Waals surface area contributed by atoms with Crippen LogP contribution in [0.3, 0.4) is 0 Å². The normalized spacial score (nSPS) is 13.6. The molecule has 1 fully saturated rings. The second-order valence-corrected chi connectivity index (χ2v) is 10.9. The van der Waals surface area contributed by atoms with Gasteiger partial charge in [0.15, 0.2) is 0 Å². The van der Waals surface area contributed by atoms with E-state index < -0.39 is 0 Å². The molecule has 0 spiro atoms. The van der Waals surface area contributed by atoms with Crippen molar-refractivity contribution in [1.82, 2.24) is 10.3 Å². The predicted molar refractivity (Wildman–Crippen MR) is 161 cm³/mol. The largest absolute Gasteiger partial charge is 0.371 e. The van der Waals surface area contributed by atoms with Crippen LogP contribution >= 0.6 is 23.2 Å².